The average molecular weight is 223 g/mol. The van der Waals surface area contributed by atoms with Crippen molar-refractivity contribution in [3.8, 4) is 0 Å². The highest BCUT2D eigenvalue weighted by atomic mass is 16.3. The first-order valence-electron chi connectivity index (χ1n) is 5.75. The topological polar surface area (TPSA) is 81.1 Å². The molecule has 1 aromatic heterocycles. The molecule has 1 saturated carbocycles. The van der Waals surface area contributed by atoms with E-state index in [1.807, 2.05) is 0 Å². The highest BCUT2D eigenvalue weighted by molar-refractivity contribution is 5.92. The predicted molar refractivity (Wildman–Crippen MR) is 59.0 cm³/mol. The third-order valence-corrected chi connectivity index (χ3v) is 2.83. The van der Waals surface area contributed by atoms with Crippen LogP contribution in [0.15, 0.2) is 10.7 Å². The van der Waals surface area contributed by atoms with Gasteiger partial charge in [0.1, 0.15) is 6.26 Å². The van der Waals surface area contributed by atoms with E-state index in [0.717, 1.165) is 12.8 Å². The summed E-state index contributed by atoms with van der Waals surface area (Å²) >= 11 is 0. The van der Waals surface area contributed by atoms with Gasteiger partial charge in [0.25, 0.3) is 5.91 Å². The Morgan fingerprint density at radius 2 is 2.31 bits per heavy atom. The summed E-state index contributed by atoms with van der Waals surface area (Å²) in [5.74, 6) is 0.387. The zero-order chi connectivity index (χ0) is 11.4. The minimum absolute atomic E-state index is 0.140. The van der Waals surface area contributed by atoms with Crippen LogP contribution in [0.3, 0.4) is 0 Å². The lowest BCUT2D eigenvalue weighted by molar-refractivity contribution is 0.0933. The fourth-order valence-corrected chi connectivity index (χ4v) is 1.98. The minimum Gasteiger partial charge on any atom is -0.448 e. The Morgan fingerprint density at radius 1 is 1.56 bits per heavy atom. The van der Waals surface area contributed by atoms with Crippen molar-refractivity contribution in [1.29, 1.82) is 0 Å². The Labute approximate surface area is 94.4 Å². The molecule has 1 fully saturated rings. The Morgan fingerprint density at radius 3 is 3.00 bits per heavy atom. The number of nitrogens with zero attached hydrogens (tertiary/aromatic N) is 1. The predicted octanol–water partition coefficient (Wildman–Crippen LogP) is 0.848. The summed E-state index contributed by atoms with van der Waals surface area (Å²) in [5.41, 5.74) is 5.73. The van der Waals surface area contributed by atoms with E-state index in [0.29, 0.717) is 30.6 Å². The van der Waals surface area contributed by atoms with E-state index in [2.05, 4.69) is 10.3 Å². The molecule has 5 nitrogen and oxygen atoms in total. The number of oxazole rings is 1. The molecule has 2 rings (SSSR count). The third kappa shape index (κ3) is 2.61. The molecule has 1 aliphatic carbocycles. The Hall–Kier alpha value is -1.36. The Kier molecular flexibility index (Phi) is 3.56. The van der Waals surface area contributed by atoms with Gasteiger partial charge in [-0.3, -0.25) is 4.79 Å². The van der Waals surface area contributed by atoms with Gasteiger partial charge in [0.05, 0.1) is 0 Å². The summed E-state index contributed by atoms with van der Waals surface area (Å²) < 4.78 is 5.14. The molecule has 0 aliphatic heterocycles. The molecule has 0 saturated heterocycles. The van der Waals surface area contributed by atoms with Crippen molar-refractivity contribution in [3.63, 3.8) is 0 Å². The largest absolute Gasteiger partial charge is 0.448 e. The molecule has 0 bridgehead atoms. The highest BCUT2D eigenvalue weighted by Crippen LogP contribution is 2.18. The van der Waals surface area contributed by atoms with Gasteiger partial charge in [-0.05, 0) is 12.8 Å². The molecule has 1 aromatic rings. The highest BCUT2D eigenvalue weighted by Gasteiger charge is 2.19. The smallest absolute Gasteiger partial charge is 0.273 e. The lowest BCUT2D eigenvalue weighted by atomic mass is 10.2. The molecule has 88 valence electrons. The second-order valence-electron chi connectivity index (χ2n) is 4.12. The molecule has 0 aromatic carbocycles. The molecule has 1 amide bonds. The molecule has 1 heterocycles. The quantitative estimate of drug-likeness (QED) is 0.792. The number of rotatable bonds is 4. The number of carbonyl (C=O) groups excluding carboxylic acids is 1. The van der Waals surface area contributed by atoms with Gasteiger partial charge in [0.2, 0.25) is 0 Å². The second-order valence-corrected chi connectivity index (χ2v) is 4.12. The van der Waals surface area contributed by atoms with Crippen LogP contribution in [0.1, 0.15) is 42.1 Å². The van der Waals surface area contributed by atoms with Crippen LogP contribution in [-0.2, 0) is 6.42 Å². The molecule has 5 heteroatoms. The Balaban J connectivity index is 1.91. The fourth-order valence-electron chi connectivity index (χ4n) is 1.98. The first-order chi connectivity index (χ1) is 7.79. The van der Waals surface area contributed by atoms with E-state index < -0.39 is 0 Å². The molecule has 16 heavy (non-hydrogen) atoms. The number of nitrogens with two attached hydrogens (primary N) is 1. The van der Waals surface area contributed by atoms with Crippen LogP contribution in [-0.4, -0.2) is 23.5 Å². The van der Waals surface area contributed by atoms with E-state index in [1.54, 1.807) is 0 Å². The molecule has 3 N–H and O–H groups in total. The monoisotopic (exact) mass is 223 g/mol. The Bertz CT molecular complexity index is 356. The van der Waals surface area contributed by atoms with Crippen molar-refractivity contribution in [2.24, 2.45) is 5.73 Å². The van der Waals surface area contributed by atoms with Gasteiger partial charge < -0.3 is 15.5 Å². The van der Waals surface area contributed by atoms with Gasteiger partial charge in [0, 0.05) is 19.0 Å². The molecule has 1 aliphatic rings. The van der Waals surface area contributed by atoms with Crippen molar-refractivity contribution >= 4 is 5.91 Å². The van der Waals surface area contributed by atoms with Crippen molar-refractivity contribution in [2.45, 2.75) is 38.1 Å². The van der Waals surface area contributed by atoms with E-state index in [-0.39, 0.29) is 5.91 Å². The second kappa shape index (κ2) is 5.12. The number of aromatic nitrogens is 1. The summed E-state index contributed by atoms with van der Waals surface area (Å²) in [6.45, 7) is 0.476. The van der Waals surface area contributed by atoms with Crippen LogP contribution < -0.4 is 11.1 Å². The molecule has 0 unspecified atom stereocenters. The van der Waals surface area contributed by atoms with E-state index in [4.69, 9.17) is 10.2 Å². The zero-order valence-corrected chi connectivity index (χ0v) is 9.24. The number of hydrogen-bond acceptors (Lipinski definition) is 4. The van der Waals surface area contributed by atoms with Crippen LogP contribution in [0.4, 0.5) is 0 Å². The van der Waals surface area contributed by atoms with Gasteiger partial charge in [-0.2, -0.15) is 0 Å². The van der Waals surface area contributed by atoms with Gasteiger partial charge in [-0.15, -0.1) is 0 Å². The van der Waals surface area contributed by atoms with Crippen LogP contribution in [0.25, 0.3) is 0 Å². The zero-order valence-electron chi connectivity index (χ0n) is 9.24. The number of hydrogen-bond donors (Lipinski definition) is 2. The van der Waals surface area contributed by atoms with E-state index in [1.165, 1.54) is 19.1 Å². The van der Waals surface area contributed by atoms with Gasteiger partial charge in [0.15, 0.2) is 11.6 Å². The van der Waals surface area contributed by atoms with Gasteiger partial charge >= 0.3 is 0 Å². The maximum absolute atomic E-state index is 11.8. The van der Waals surface area contributed by atoms with Gasteiger partial charge in [-0.1, -0.05) is 12.8 Å². The SMILES string of the molecule is NCCc1nc(C(=O)NC2CCCC2)co1. The van der Waals surface area contributed by atoms with Crippen molar-refractivity contribution < 1.29 is 9.21 Å². The van der Waals surface area contributed by atoms with E-state index >= 15 is 0 Å². The third-order valence-electron chi connectivity index (χ3n) is 2.83. The minimum atomic E-state index is -0.140. The average Bonchev–Trinajstić information content (AvgIpc) is 2.89. The van der Waals surface area contributed by atoms with Crippen molar-refractivity contribution in [3.05, 3.63) is 17.8 Å². The number of carbonyl (C=O) groups is 1. The first kappa shape index (κ1) is 11.1. The lowest BCUT2D eigenvalue weighted by Gasteiger charge is -2.09. The molecule has 0 radical (unpaired) electrons. The van der Waals surface area contributed by atoms with E-state index in [9.17, 15) is 4.79 Å². The summed E-state index contributed by atoms with van der Waals surface area (Å²) in [6, 6.07) is 0.308. The standard InChI is InChI=1S/C11H17N3O2/c12-6-5-10-14-9(7-16-10)11(15)13-8-3-1-2-4-8/h7-8H,1-6,12H2,(H,13,15). The van der Waals surface area contributed by atoms with Crippen molar-refractivity contribution in [2.75, 3.05) is 6.54 Å². The van der Waals surface area contributed by atoms with Crippen LogP contribution in [0, 0.1) is 0 Å². The number of nitrogens with one attached hydrogen (secondary N) is 1. The normalized spacial score (nSPS) is 16.6. The molecular weight excluding hydrogens is 206 g/mol. The summed E-state index contributed by atoms with van der Waals surface area (Å²) in [6.07, 6.45) is 6.49. The van der Waals surface area contributed by atoms with Crippen LogP contribution in [0.2, 0.25) is 0 Å². The summed E-state index contributed by atoms with van der Waals surface area (Å²) in [4.78, 5) is 15.8. The first-order valence-corrected chi connectivity index (χ1v) is 5.75. The maximum atomic E-state index is 11.8. The lowest BCUT2D eigenvalue weighted by Crippen LogP contribution is -2.32. The molecule has 0 atom stereocenters. The molecular formula is C11H17N3O2. The summed E-state index contributed by atoms with van der Waals surface area (Å²) in [5, 5.41) is 2.96. The maximum Gasteiger partial charge on any atom is 0.273 e. The summed E-state index contributed by atoms with van der Waals surface area (Å²) in [7, 11) is 0. The van der Waals surface area contributed by atoms with Crippen molar-refractivity contribution in [1.82, 2.24) is 10.3 Å². The molecule has 0 spiro atoms. The number of amides is 1. The van der Waals surface area contributed by atoms with Gasteiger partial charge in [-0.25, -0.2) is 4.98 Å². The van der Waals surface area contributed by atoms with Crippen LogP contribution in [0.5, 0.6) is 0 Å². The fraction of sp³-hybridized carbons (Fsp3) is 0.636. The van der Waals surface area contributed by atoms with Crippen LogP contribution >= 0.6 is 0 Å².